The minimum absolute atomic E-state index is 1.00. The van der Waals surface area contributed by atoms with Gasteiger partial charge in [-0.15, -0.1) is 0 Å². The summed E-state index contributed by atoms with van der Waals surface area (Å²) >= 11 is 0. The van der Waals surface area contributed by atoms with E-state index in [1.165, 1.54) is 58.4 Å². The van der Waals surface area contributed by atoms with Crippen LogP contribution in [0.15, 0.2) is 0 Å². The molecule has 0 N–H and O–H groups in total. The lowest BCUT2D eigenvalue weighted by Crippen LogP contribution is -2.50. The highest BCUT2D eigenvalue weighted by atomic mass is 15.2. The van der Waals surface area contributed by atoms with Crippen LogP contribution in [0.5, 0.6) is 0 Å². The van der Waals surface area contributed by atoms with E-state index in [9.17, 15) is 0 Å². The molecule has 3 heterocycles. The van der Waals surface area contributed by atoms with Crippen molar-refractivity contribution >= 4 is 0 Å². The van der Waals surface area contributed by atoms with Crippen LogP contribution in [0.2, 0.25) is 0 Å². The maximum atomic E-state index is 2.83. The molecule has 2 atom stereocenters. The highest BCUT2D eigenvalue weighted by Crippen LogP contribution is 2.41. The first-order valence-corrected chi connectivity index (χ1v) is 8.65. The van der Waals surface area contributed by atoms with E-state index >= 15 is 0 Å². The molecule has 2 saturated carbocycles. The fourth-order valence-electron chi connectivity index (χ4n) is 5.67. The molecule has 4 bridgehead atoms. The maximum Gasteiger partial charge on any atom is 0.00101 e. The molecule has 5 rings (SSSR count). The summed E-state index contributed by atoms with van der Waals surface area (Å²) in [6, 6.07) is 0. The molecule has 0 aromatic rings. The smallest absolute Gasteiger partial charge is 0.00101 e. The van der Waals surface area contributed by atoms with Crippen molar-refractivity contribution in [3.05, 3.63) is 0 Å². The van der Waals surface area contributed by atoms with Crippen LogP contribution in [0.4, 0.5) is 0 Å². The van der Waals surface area contributed by atoms with Crippen LogP contribution >= 0.6 is 0 Å². The third-order valence-corrected chi connectivity index (χ3v) is 6.34. The number of rotatable bonds is 2. The van der Waals surface area contributed by atoms with Gasteiger partial charge in [-0.25, -0.2) is 0 Å². The summed E-state index contributed by atoms with van der Waals surface area (Å²) in [5.41, 5.74) is 0. The molecule has 2 unspecified atom stereocenters. The molecule has 2 heteroatoms. The Kier molecular flexibility index (Phi) is 3.35. The molecule has 5 fully saturated rings. The number of nitrogens with zero attached hydrogens (tertiary/aromatic N) is 2. The molecule has 19 heavy (non-hydrogen) atoms. The zero-order valence-corrected chi connectivity index (χ0v) is 12.6. The van der Waals surface area contributed by atoms with Gasteiger partial charge in [-0.1, -0.05) is 0 Å². The highest BCUT2D eigenvalue weighted by Gasteiger charge is 2.38. The Morgan fingerprint density at radius 1 is 0.737 bits per heavy atom. The Morgan fingerprint density at radius 2 is 1.32 bits per heavy atom. The lowest BCUT2D eigenvalue weighted by molar-refractivity contribution is 0.0132. The van der Waals surface area contributed by atoms with Crippen LogP contribution in [-0.4, -0.2) is 49.6 Å². The molecule has 5 aliphatic rings. The van der Waals surface area contributed by atoms with Crippen LogP contribution in [0.3, 0.4) is 0 Å². The Hall–Kier alpha value is -0.0800. The largest absolute Gasteiger partial charge is 0.306 e. The Morgan fingerprint density at radius 3 is 1.89 bits per heavy atom. The number of hydrogen-bond acceptors (Lipinski definition) is 2. The molecule has 2 aliphatic carbocycles. The van der Waals surface area contributed by atoms with Crippen molar-refractivity contribution in [3.63, 3.8) is 0 Å². The summed E-state index contributed by atoms with van der Waals surface area (Å²) < 4.78 is 0. The molecule has 2 nitrogen and oxygen atoms in total. The lowest BCUT2D eigenvalue weighted by atomic mass is 9.71. The SMILES string of the molecule is CN1CC2CCC(CC(CN3CC4CC(C4)C3)C2)C1. The summed E-state index contributed by atoms with van der Waals surface area (Å²) in [5.74, 6) is 5.18. The van der Waals surface area contributed by atoms with Crippen LogP contribution in [-0.2, 0) is 0 Å². The monoisotopic (exact) mass is 262 g/mol. The molecule has 0 spiro atoms. The van der Waals surface area contributed by atoms with Gasteiger partial charge in [-0.2, -0.15) is 0 Å². The van der Waals surface area contributed by atoms with Gasteiger partial charge in [0, 0.05) is 32.7 Å². The molecule has 0 amide bonds. The second-order valence-corrected chi connectivity index (χ2v) is 8.29. The third-order valence-electron chi connectivity index (χ3n) is 6.34. The fourth-order valence-corrected chi connectivity index (χ4v) is 5.67. The van der Waals surface area contributed by atoms with E-state index < -0.39 is 0 Å². The van der Waals surface area contributed by atoms with Gasteiger partial charge < -0.3 is 9.80 Å². The first-order chi connectivity index (χ1) is 9.24. The average Bonchev–Trinajstić information content (AvgIpc) is 2.59. The summed E-state index contributed by atoms with van der Waals surface area (Å²) in [7, 11) is 2.34. The second kappa shape index (κ2) is 5.04. The van der Waals surface area contributed by atoms with Gasteiger partial charge in [-0.05, 0) is 75.2 Å². The summed E-state index contributed by atoms with van der Waals surface area (Å²) in [4.78, 5) is 5.44. The van der Waals surface area contributed by atoms with E-state index in [0.29, 0.717) is 0 Å². The van der Waals surface area contributed by atoms with Gasteiger partial charge in [-0.3, -0.25) is 0 Å². The minimum Gasteiger partial charge on any atom is -0.306 e. The summed E-state index contributed by atoms with van der Waals surface area (Å²) in [6.45, 7) is 7.05. The summed E-state index contributed by atoms with van der Waals surface area (Å²) in [6.07, 6.45) is 9.17. The topological polar surface area (TPSA) is 6.48 Å². The van der Waals surface area contributed by atoms with Gasteiger partial charge >= 0.3 is 0 Å². The molecule has 3 saturated heterocycles. The predicted molar refractivity (Wildman–Crippen MR) is 79.1 cm³/mol. The molecule has 0 radical (unpaired) electrons. The van der Waals surface area contributed by atoms with Crippen LogP contribution in [0.1, 0.15) is 38.5 Å². The summed E-state index contributed by atoms with van der Waals surface area (Å²) in [5, 5.41) is 0. The number of fused-ring (bicyclic) bond motifs is 5. The number of likely N-dealkylation sites (tertiary alicyclic amines) is 1. The van der Waals surface area contributed by atoms with Gasteiger partial charge in [0.05, 0.1) is 0 Å². The van der Waals surface area contributed by atoms with Crippen LogP contribution < -0.4 is 0 Å². The highest BCUT2D eigenvalue weighted by molar-refractivity contribution is 4.91. The van der Waals surface area contributed by atoms with Crippen molar-refractivity contribution in [2.24, 2.45) is 29.6 Å². The van der Waals surface area contributed by atoms with E-state index in [1.54, 1.807) is 12.8 Å². The van der Waals surface area contributed by atoms with Gasteiger partial charge in [0.25, 0.3) is 0 Å². The first-order valence-electron chi connectivity index (χ1n) is 8.65. The van der Waals surface area contributed by atoms with Crippen molar-refractivity contribution in [1.82, 2.24) is 9.80 Å². The fraction of sp³-hybridized carbons (Fsp3) is 1.00. The van der Waals surface area contributed by atoms with Gasteiger partial charge in [0.1, 0.15) is 0 Å². The van der Waals surface area contributed by atoms with Crippen molar-refractivity contribution in [1.29, 1.82) is 0 Å². The molecule has 0 aromatic carbocycles. The van der Waals surface area contributed by atoms with Crippen molar-refractivity contribution in [2.45, 2.75) is 38.5 Å². The quantitative estimate of drug-likeness (QED) is 0.755. The molecular weight excluding hydrogens is 232 g/mol. The Labute approximate surface area is 118 Å². The number of hydrogen-bond donors (Lipinski definition) is 0. The molecular formula is C17H30N2. The van der Waals surface area contributed by atoms with E-state index in [4.69, 9.17) is 0 Å². The third kappa shape index (κ3) is 2.71. The first kappa shape index (κ1) is 12.6. The van der Waals surface area contributed by atoms with Crippen LogP contribution in [0, 0.1) is 29.6 Å². The van der Waals surface area contributed by atoms with Crippen molar-refractivity contribution in [2.75, 3.05) is 39.8 Å². The number of piperidine rings is 2. The van der Waals surface area contributed by atoms with E-state index in [0.717, 1.165) is 29.6 Å². The standard InChI is InChI=1S/C17H30N2/c1-18-8-13-2-3-14(9-18)5-15(4-13)10-19-11-16-6-17(7-16)12-19/h13-17H,2-12H2,1H3. The average molecular weight is 262 g/mol. The second-order valence-electron chi connectivity index (χ2n) is 8.29. The van der Waals surface area contributed by atoms with Gasteiger partial charge in [0.15, 0.2) is 0 Å². The normalized spacial score (nSPS) is 47.5. The zero-order valence-electron chi connectivity index (χ0n) is 12.6. The van der Waals surface area contributed by atoms with E-state index in [2.05, 4.69) is 16.8 Å². The Bertz CT molecular complexity index is 297. The van der Waals surface area contributed by atoms with E-state index in [1.807, 2.05) is 0 Å². The Balaban J connectivity index is 1.36. The lowest BCUT2D eigenvalue weighted by Gasteiger charge is -2.48. The maximum absolute atomic E-state index is 2.83. The molecule has 3 aliphatic heterocycles. The van der Waals surface area contributed by atoms with Crippen LogP contribution in [0.25, 0.3) is 0 Å². The zero-order chi connectivity index (χ0) is 12.8. The predicted octanol–water partition coefficient (Wildman–Crippen LogP) is 2.70. The minimum atomic E-state index is 1.00. The van der Waals surface area contributed by atoms with Crippen molar-refractivity contribution in [3.8, 4) is 0 Å². The molecule has 108 valence electrons. The van der Waals surface area contributed by atoms with E-state index in [-0.39, 0.29) is 0 Å². The molecule has 0 aromatic heterocycles. The van der Waals surface area contributed by atoms with Gasteiger partial charge in [0.2, 0.25) is 0 Å². The van der Waals surface area contributed by atoms with Crippen molar-refractivity contribution < 1.29 is 0 Å².